The Bertz CT molecular complexity index is 195. The highest BCUT2D eigenvalue weighted by molar-refractivity contribution is 5.80. The van der Waals surface area contributed by atoms with Crippen LogP contribution in [0.2, 0.25) is 0 Å². The van der Waals surface area contributed by atoms with Crippen LogP contribution in [0.25, 0.3) is 0 Å². The van der Waals surface area contributed by atoms with Crippen molar-refractivity contribution in [2.45, 2.75) is 45.4 Å². The molecule has 0 radical (unpaired) electrons. The van der Waals surface area contributed by atoms with Gasteiger partial charge in [-0.2, -0.15) is 0 Å². The van der Waals surface area contributed by atoms with E-state index in [-0.39, 0.29) is 5.91 Å². The summed E-state index contributed by atoms with van der Waals surface area (Å²) in [5.74, 6) is -0.143. The number of rotatable bonds is 6. The maximum absolute atomic E-state index is 11.1. The number of hydrogen-bond donors (Lipinski definition) is 3. The molecule has 0 atom stereocenters. The first-order chi connectivity index (χ1) is 7.20. The molecule has 15 heavy (non-hydrogen) atoms. The lowest BCUT2D eigenvalue weighted by molar-refractivity contribution is -0.121. The summed E-state index contributed by atoms with van der Waals surface area (Å²) < 4.78 is 0. The Morgan fingerprint density at radius 3 is 2.27 bits per heavy atom. The van der Waals surface area contributed by atoms with Crippen LogP contribution in [-0.2, 0) is 4.79 Å². The summed E-state index contributed by atoms with van der Waals surface area (Å²) >= 11 is 0. The minimum Gasteiger partial charge on any atom is -0.340 e. The highest BCUT2D eigenvalue weighted by atomic mass is 16.2. The largest absolute Gasteiger partial charge is 0.340 e. The van der Waals surface area contributed by atoms with E-state index in [0.717, 1.165) is 12.8 Å². The van der Waals surface area contributed by atoms with Crippen LogP contribution in [0.1, 0.15) is 45.4 Å². The summed E-state index contributed by atoms with van der Waals surface area (Å²) in [5, 5.41) is 2.34. The van der Waals surface area contributed by atoms with Gasteiger partial charge >= 0.3 is 6.03 Å². The van der Waals surface area contributed by atoms with Gasteiger partial charge in [0.05, 0.1) is 0 Å². The van der Waals surface area contributed by atoms with Crippen LogP contribution in [0.3, 0.4) is 0 Å². The molecule has 3 N–H and O–H groups in total. The molecule has 0 rings (SSSR count). The molecule has 5 nitrogen and oxygen atoms in total. The van der Waals surface area contributed by atoms with Crippen LogP contribution < -0.4 is 16.2 Å². The second-order valence-electron chi connectivity index (χ2n) is 3.42. The third-order valence-electron chi connectivity index (χ3n) is 2.05. The van der Waals surface area contributed by atoms with Crippen molar-refractivity contribution < 1.29 is 9.59 Å². The Balaban J connectivity index is 3.30. The van der Waals surface area contributed by atoms with Gasteiger partial charge in [-0.15, -0.1) is 0 Å². The van der Waals surface area contributed by atoms with Crippen LogP contribution in [0.4, 0.5) is 4.79 Å². The van der Waals surface area contributed by atoms with E-state index in [1.807, 2.05) is 0 Å². The van der Waals surface area contributed by atoms with Gasteiger partial charge in [-0.1, -0.05) is 32.6 Å². The number of unbranched alkanes of at least 4 members (excludes halogenated alkanes) is 4. The molecule has 0 aliphatic rings. The molecule has 0 heterocycles. The van der Waals surface area contributed by atoms with Crippen LogP contribution in [-0.4, -0.2) is 19.0 Å². The van der Waals surface area contributed by atoms with Gasteiger partial charge in [0.25, 0.3) is 0 Å². The van der Waals surface area contributed by atoms with Crippen LogP contribution in [0, 0.1) is 0 Å². The molecule has 0 aromatic heterocycles. The fourth-order valence-electron chi connectivity index (χ4n) is 1.14. The summed E-state index contributed by atoms with van der Waals surface area (Å²) in [6, 6.07) is -0.408. The molecule has 0 aromatic carbocycles. The molecule has 0 aliphatic heterocycles. The zero-order valence-corrected chi connectivity index (χ0v) is 9.56. The Labute approximate surface area is 91.0 Å². The Morgan fingerprint density at radius 1 is 1.00 bits per heavy atom. The average molecular weight is 215 g/mol. The zero-order valence-electron chi connectivity index (χ0n) is 9.56. The van der Waals surface area contributed by atoms with Crippen LogP contribution in [0.15, 0.2) is 0 Å². The Kier molecular flexibility index (Phi) is 8.52. The van der Waals surface area contributed by atoms with E-state index in [4.69, 9.17) is 0 Å². The number of urea groups is 1. The number of hydrazine groups is 1. The lowest BCUT2D eigenvalue weighted by Gasteiger charge is -2.06. The minimum absolute atomic E-state index is 0.143. The normalized spacial score (nSPS) is 9.47. The predicted molar refractivity (Wildman–Crippen MR) is 59.1 cm³/mol. The zero-order chi connectivity index (χ0) is 11.5. The summed E-state index contributed by atoms with van der Waals surface area (Å²) in [6.07, 6.45) is 6.01. The quantitative estimate of drug-likeness (QED) is 0.462. The smallest absolute Gasteiger partial charge is 0.333 e. The number of hydrogen-bond acceptors (Lipinski definition) is 2. The van der Waals surface area contributed by atoms with Gasteiger partial charge in [0.2, 0.25) is 5.91 Å². The first-order valence-corrected chi connectivity index (χ1v) is 5.47. The molecule has 0 saturated heterocycles. The highest BCUT2D eigenvalue weighted by Gasteiger charge is 2.01. The maximum Gasteiger partial charge on any atom is 0.333 e. The monoisotopic (exact) mass is 215 g/mol. The second kappa shape index (κ2) is 9.30. The van der Waals surface area contributed by atoms with Gasteiger partial charge in [-0.3, -0.25) is 10.2 Å². The van der Waals surface area contributed by atoms with Crippen molar-refractivity contribution in [2.24, 2.45) is 0 Å². The second-order valence-corrected chi connectivity index (χ2v) is 3.42. The summed E-state index contributed by atoms with van der Waals surface area (Å²) in [7, 11) is 1.49. The van der Waals surface area contributed by atoms with Gasteiger partial charge in [0, 0.05) is 13.5 Å². The van der Waals surface area contributed by atoms with Crippen molar-refractivity contribution >= 4 is 11.9 Å². The Hall–Kier alpha value is -1.26. The highest BCUT2D eigenvalue weighted by Crippen LogP contribution is 2.04. The molecule has 0 fully saturated rings. The number of amides is 3. The van der Waals surface area contributed by atoms with Crippen molar-refractivity contribution in [1.29, 1.82) is 0 Å². The van der Waals surface area contributed by atoms with Gasteiger partial charge < -0.3 is 5.32 Å². The molecular weight excluding hydrogens is 194 g/mol. The van der Waals surface area contributed by atoms with Crippen LogP contribution in [0.5, 0.6) is 0 Å². The molecular formula is C10H21N3O2. The third-order valence-corrected chi connectivity index (χ3v) is 2.05. The van der Waals surface area contributed by atoms with Crippen molar-refractivity contribution in [3.05, 3.63) is 0 Å². The number of carbonyl (C=O) groups is 2. The molecule has 3 amide bonds. The first-order valence-electron chi connectivity index (χ1n) is 5.47. The van der Waals surface area contributed by atoms with E-state index >= 15 is 0 Å². The number of carbonyl (C=O) groups excluding carboxylic acids is 2. The summed E-state index contributed by atoms with van der Waals surface area (Å²) in [4.78, 5) is 21.8. The number of nitrogens with one attached hydrogen (secondary N) is 3. The molecule has 0 spiro atoms. The van der Waals surface area contributed by atoms with Crippen molar-refractivity contribution in [2.75, 3.05) is 7.05 Å². The molecule has 0 saturated carbocycles. The topological polar surface area (TPSA) is 70.2 Å². The molecule has 0 aliphatic carbocycles. The summed E-state index contributed by atoms with van der Waals surface area (Å²) in [6.45, 7) is 2.15. The lowest BCUT2D eigenvalue weighted by atomic mass is 10.1. The third kappa shape index (κ3) is 9.05. The molecule has 0 bridgehead atoms. The fraction of sp³-hybridized carbons (Fsp3) is 0.800. The van der Waals surface area contributed by atoms with Crippen LogP contribution >= 0.6 is 0 Å². The van der Waals surface area contributed by atoms with Gasteiger partial charge in [0.15, 0.2) is 0 Å². The predicted octanol–water partition coefficient (Wildman–Crippen LogP) is 1.31. The average Bonchev–Trinajstić information content (AvgIpc) is 2.25. The molecule has 5 heteroatoms. The van der Waals surface area contributed by atoms with Crippen molar-refractivity contribution in [3.8, 4) is 0 Å². The van der Waals surface area contributed by atoms with Gasteiger partial charge in [0.1, 0.15) is 0 Å². The standard InChI is InChI=1S/C10H21N3O2/c1-3-4-5-6-7-8-9(14)12-13-10(15)11-2/h3-8H2,1-2H3,(H,12,14)(H2,11,13,15). The van der Waals surface area contributed by atoms with E-state index in [1.54, 1.807) is 0 Å². The molecule has 0 unspecified atom stereocenters. The SMILES string of the molecule is CCCCCCCC(=O)NNC(=O)NC. The molecule has 88 valence electrons. The van der Waals surface area contributed by atoms with E-state index in [0.29, 0.717) is 6.42 Å². The molecule has 0 aromatic rings. The lowest BCUT2D eigenvalue weighted by Crippen LogP contribution is -2.45. The van der Waals surface area contributed by atoms with E-state index < -0.39 is 6.03 Å². The van der Waals surface area contributed by atoms with Gasteiger partial charge in [-0.05, 0) is 6.42 Å². The fourth-order valence-corrected chi connectivity index (χ4v) is 1.14. The van der Waals surface area contributed by atoms with Crippen molar-refractivity contribution in [3.63, 3.8) is 0 Å². The van der Waals surface area contributed by atoms with E-state index in [2.05, 4.69) is 23.1 Å². The van der Waals surface area contributed by atoms with E-state index in [1.165, 1.54) is 26.3 Å². The van der Waals surface area contributed by atoms with Gasteiger partial charge in [-0.25, -0.2) is 10.2 Å². The van der Waals surface area contributed by atoms with E-state index in [9.17, 15) is 9.59 Å². The Morgan fingerprint density at radius 2 is 1.67 bits per heavy atom. The maximum atomic E-state index is 11.1. The first kappa shape index (κ1) is 13.7. The minimum atomic E-state index is -0.408. The van der Waals surface area contributed by atoms with Crippen molar-refractivity contribution in [1.82, 2.24) is 16.2 Å². The summed E-state index contributed by atoms with van der Waals surface area (Å²) in [5.41, 5.74) is 4.56.